The molecule has 1 atom stereocenters. The van der Waals surface area contributed by atoms with Gasteiger partial charge in [-0.1, -0.05) is 0 Å². The Morgan fingerprint density at radius 2 is 2.30 bits per heavy atom. The van der Waals surface area contributed by atoms with Gasteiger partial charge in [-0.15, -0.1) is 0 Å². The molecule has 6 heteroatoms. The zero-order chi connectivity index (χ0) is 16.4. The van der Waals surface area contributed by atoms with E-state index in [1.54, 1.807) is 7.11 Å². The molecule has 1 aliphatic rings. The monoisotopic (exact) mass is 316 g/mol. The minimum Gasteiger partial charge on any atom is -0.384 e. The van der Waals surface area contributed by atoms with Gasteiger partial charge in [-0.2, -0.15) is 0 Å². The molecule has 6 nitrogen and oxygen atoms in total. The van der Waals surface area contributed by atoms with E-state index < -0.39 is 0 Å². The number of hydrogen-bond acceptors (Lipinski definition) is 4. The summed E-state index contributed by atoms with van der Waals surface area (Å²) < 4.78 is 7.13. The van der Waals surface area contributed by atoms with Gasteiger partial charge < -0.3 is 18.9 Å². The number of fused-ring (bicyclic) bond motifs is 1. The van der Waals surface area contributed by atoms with Crippen LogP contribution in [0.25, 0.3) is 5.52 Å². The predicted octanol–water partition coefficient (Wildman–Crippen LogP) is 2.10. The second-order valence-corrected chi connectivity index (χ2v) is 6.17. The van der Waals surface area contributed by atoms with Gasteiger partial charge in [0, 0.05) is 40.1 Å². The standard InChI is InChI=1S/C17H24N4O2/c1-19(2)17-15-7-4-9-20(15)12-13(18-17)14-6-5-10-21(14)16(22)8-11-23-3/h4,7,9,12,14H,5-6,8,10-11H2,1-3H3. The van der Waals surface area contributed by atoms with Crippen LogP contribution in [0, 0.1) is 0 Å². The van der Waals surface area contributed by atoms with E-state index in [2.05, 4.69) is 16.7 Å². The summed E-state index contributed by atoms with van der Waals surface area (Å²) in [5.41, 5.74) is 2.04. The zero-order valence-electron chi connectivity index (χ0n) is 14.0. The van der Waals surface area contributed by atoms with Crippen LogP contribution in [0.2, 0.25) is 0 Å². The van der Waals surface area contributed by atoms with Gasteiger partial charge in [0.1, 0.15) is 0 Å². The normalized spacial score (nSPS) is 17.9. The van der Waals surface area contributed by atoms with Crippen LogP contribution < -0.4 is 4.90 Å². The topological polar surface area (TPSA) is 50.1 Å². The molecule has 1 fully saturated rings. The molecule has 3 rings (SSSR count). The summed E-state index contributed by atoms with van der Waals surface area (Å²) in [6.45, 7) is 1.27. The van der Waals surface area contributed by atoms with Crippen molar-refractivity contribution in [1.29, 1.82) is 0 Å². The van der Waals surface area contributed by atoms with Crippen LogP contribution in [0.4, 0.5) is 5.82 Å². The van der Waals surface area contributed by atoms with E-state index in [4.69, 9.17) is 9.72 Å². The van der Waals surface area contributed by atoms with Crippen molar-refractivity contribution in [2.75, 3.05) is 39.3 Å². The van der Waals surface area contributed by atoms with Crippen molar-refractivity contribution in [2.24, 2.45) is 0 Å². The van der Waals surface area contributed by atoms with Crippen LogP contribution in [-0.2, 0) is 9.53 Å². The first-order chi connectivity index (χ1) is 11.1. The van der Waals surface area contributed by atoms with Crippen LogP contribution in [0.3, 0.4) is 0 Å². The first-order valence-electron chi connectivity index (χ1n) is 8.05. The molecule has 1 saturated heterocycles. The molecule has 1 unspecified atom stereocenters. The van der Waals surface area contributed by atoms with E-state index in [0.717, 1.165) is 36.4 Å². The lowest BCUT2D eigenvalue weighted by molar-refractivity contribution is -0.133. The molecular weight excluding hydrogens is 292 g/mol. The number of hydrogen-bond donors (Lipinski definition) is 0. The number of amides is 1. The summed E-state index contributed by atoms with van der Waals surface area (Å²) in [6.07, 6.45) is 6.49. The number of carbonyl (C=O) groups is 1. The molecule has 0 bridgehead atoms. The second kappa shape index (κ2) is 6.58. The van der Waals surface area contributed by atoms with Gasteiger partial charge in [0.2, 0.25) is 5.91 Å². The molecule has 1 amide bonds. The lowest BCUT2D eigenvalue weighted by Crippen LogP contribution is -2.32. The number of rotatable bonds is 5. The molecule has 0 aliphatic carbocycles. The van der Waals surface area contributed by atoms with Gasteiger partial charge in [0.05, 0.1) is 30.3 Å². The molecule has 0 spiro atoms. The average molecular weight is 316 g/mol. The predicted molar refractivity (Wildman–Crippen MR) is 89.7 cm³/mol. The fourth-order valence-corrected chi connectivity index (χ4v) is 3.24. The molecule has 3 heterocycles. The molecule has 0 aromatic carbocycles. The summed E-state index contributed by atoms with van der Waals surface area (Å²) in [6, 6.07) is 4.14. The van der Waals surface area contributed by atoms with E-state index in [1.165, 1.54) is 0 Å². The molecule has 0 saturated carbocycles. The van der Waals surface area contributed by atoms with E-state index in [-0.39, 0.29) is 11.9 Å². The van der Waals surface area contributed by atoms with E-state index in [0.29, 0.717) is 13.0 Å². The molecular formula is C17H24N4O2. The Labute approximate surface area is 136 Å². The fraction of sp³-hybridized carbons (Fsp3) is 0.529. The maximum Gasteiger partial charge on any atom is 0.225 e. The summed E-state index contributed by atoms with van der Waals surface area (Å²) >= 11 is 0. The number of ether oxygens (including phenoxy) is 1. The highest BCUT2D eigenvalue weighted by Gasteiger charge is 2.31. The molecule has 23 heavy (non-hydrogen) atoms. The highest BCUT2D eigenvalue weighted by molar-refractivity contribution is 5.77. The number of anilines is 1. The van der Waals surface area contributed by atoms with Crippen LogP contribution in [0.1, 0.15) is 31.0 Å². The lowest BCUT2D eigenvalue weighted by atomic mass is 10.1. The molecule has 1 aliphatic heterocycles. The maximum atomic E-state index is 12.4. The van der Waals surface area contributed by atoms with Gasteiger partial charge in [-0.25, -0.2) is 4.98 Å². The van der Waals surface area contributed by atoms with Crippen molar-refractivity contribution >= 4 is 17.2 Å². The molecule has 2 aromatic heterocycles. The largest absolute Gasteiger partial charge is 0.384 e. The number of likely N-dealkylation sites (tertiary alicyclic amines) is 1. The molecule has 0 N–H and O–H groups in total. The summed E-state index contributed by atoms with van der Waals surface area (Å²) in [7, 11) is 5.62. The van der Waals surface area contributed by atoms with Crippen LogP contribution in [0.15, 0.2) is 24.5 Å². The van der Waals surface area contributed by atoms with Crippen LogP contribution in [-0.4, -0.2) is 54.5 Å². The van der Waals surface area contributed by atoms with Crippen LogP contribution in [0.5, 0.6) is 0 Å². The summed E-state index contributed by atoms with van der Waals surface area (Å²) in [5.74, 6) is 1.08. The van der Waals surface area contributed by atoms with Gasteiger partial charge >= 0.3 is 0 Å². The second-order valence-electron chi connectivity index (χ2n) is 6.17. The highest BCUT2D eigenvalue weighted by atomic mass is 16.5. The molecule has 2 aromatic rings. The smallest absolute Gasteiger partial charge is 0.225 e. The van der Waals surface area contributed by atoms with E-state index in [9.17, 15) is 4.79 Å². The minimum absolute atomic E-state index is 0.0601. The Bertz CT molecular complexity index is 695. The Hall–Kier alpha value is -2.08. The Balaban J connectivity index is 1.93. The Morgan fingerprint density at radius 3 is 3.04 bits per heavy atom. The molecule has 124 valence electrons. The summed E-state index contributed by atoms with van der Waals surface area (Å²) in [5, 5.41) is 0. The first kappa shape index (κ1) is 15.8. The van der Waals surface area contributed by atoms with E-state index in [1.807, 2.05) is 36.2 Å². The highest BCUT2D eigenvalue weighted by Crippen LogP contribution is 2.33. The van der Waals surface area contributed by atoms with Crippen molar-refractivity contribution in [2.45, 2.75) is 25.3 Å². The Kier molecular flexibility index (Phi) is 4.52. The third-order valence-electron chi connectivity index (χ3n) is 4.37. The fourth-order valence-electron chi connectivity index (χ4n) is 3.24. The molecule has 0 radical (unpaired) electrons. The maximum absolute atomic E-state index is 12.4. The third kappa shape index (κ3) is 3.03. The van der Waals surface area contributed by atoms with Gasteiger partial charge in [-0.3, -0.25) is 4.79 Å². The number of methoxy groups -OCH3 is 1. The number of nitrogens with zero attached hydrogens (tertiary/aromatic N) is 4. The number of carbonyl (C=O) groups excluding carboxylic acids is 1. The first-order valence-corrected chi connectivity index (χ1v) is 8.05. The van der Waals surface area contributed by atoms with Crippen LogP contribution >= 0.6 is 0 Å². The van der Waals surface area contributed by atoms with Crippen molar-refractivity contribution in [3.05, 3.63) is 30.2 Å². The Morgan fingerprint density at radius 1 is 1.48 bits per heavy atom. The van der Waals surface area contributed by atoms with Crippen molar-refractivity contribution < 1.29 is 9.53 Å². The van der Waals surface area contributed by atoms with Gasteiger partial charge in [0.25, 0.3) is 0 Å². The van der Waals surface area contributed by atoms with Crippen molar-refractivity contribution in [3.8, 4) is 0 Å². The quantitative estimate of drug-likeness (QED) is 0.847. The lowest BCUT2D eigenvalue weighted by Gasteiger charge is -2.25. The third-order valence-corrected chi connectivity index (χ3v) is 4.37. The zero-order valence-corrected chi connectivity index (χ0v) is 14.0. The number of aromatic nitrogens is 2. The van der Waals surface area contributed by atoms with E-state index >= 15 is 0 Å². The van der Waals surface area contributed by atoms with Crippen molar-refractivity contribution in [1.82, 2.24) is 14.3 Å². The summed E-state index contributed by atoms with van der Waals surface area (Å²) in [4.78, 5) is 21.2. The minimum atomic E-state index is 0.0601. The van der Waals surface area contributed by atoms with Gasteiger partial charge in [-0.05, 0) is 25.0 Å². The average Bonchev–Trinajstić information content (AvgIpc) is 3.19. The SMILES string of the molecule is COCCC(=O)N1CCCC1c1cn2cccc2c(N(C)C)n1. The van der Waals surface area contributed by atoms with Crippen molar-refractivity contribution in [3.63, 3.8) is 0 Å². The van der Waals surface area contributed by atoms with Gasteiger partial charge in [0.15, 0.2) is 5.82 Å².